The van der Waals surface area contributed by atoms with Gasteiger partial charge in [0.1, 0.15) is 0 Å². The Bertz CT molecular complexity index is 1060. The van der Waals surface area contributed by atoms with E-state index < -0.39 is 16.0 Å². The normalized spacial score (nSPS) is 11.0. The maximum atomic E-state index is 12.8. The van der Waals surface area contributed by atoms with Gasteiger partial charge in [0, 0.05) is 5.56 Å². The number of rotatable bonds is 5. The molecule has 0 aliphatic rings. The van der Waals surface area contributed by atoms with Gasteiger partial charge in [0.15, 0.2) is 0 Å². The lowest BCUT2D eigenvalue weighted by Crippen LogP contribution is -2.15. The van der Waals surface area contributed by atoms with Crippen molar-refractivity contribution >= 4 is 21.7 Å². The molecule has 0 amide bonds. The van der Waals surface area contributed by atoms with Gasteiger partial charge >= 0.3 is 5.97 Å². The second kappa shape index (κ2) is 7.63. The highest BCUT2D eigenvalue weighted by Crippen LogP contribution is 2.33. The zero-order chi connectivity index (χ0) is 19.4. The van der Waals surface area contributed by atoms with Gasteiger partial charge in [-0.15, -0.1) is 0 Å². The first-order chi connectivity index (χ1) is 12.9. The molecule has 3 rings (SSSR count). The smallest absolute Gasteiger partial charge is 0.338 e. The van der Waals surface area contributed by atoms with E-state index in [1.54, 1.807) is 42.5 Å². The Balaban J connectivity index is 2.13. The molecule has 5 nitrogen and oxygen atoms in total. The molecule has 0 aliphatic carbocycles. The fourth-order valence-corrected chi connectivity index (χ4v) is 3.83. The molecule has 0 unspecified atom stereocenters. The minimum Gasteiger partial charge on any atom is -0.465 e. The second-order valence-electron chi connectivity index (χ2n) is 6.00. The molecule has 3 aromatic carbocycles. The number of hydrogen-bond acceptors (Lipinski definition) is 4. The van der Waals surface area contributed by atoms with E-state index in [0.29, 0.717) is 16.8 Å². The highest BCUT2D eigenvalue weighted by molar-refractivity contribution is 7.92. The summed E-state index contributed by atoms with van der Waals surface area (Å²) in [6, 6.07) is 20.5. The first-order valence-corrected chi connectivity index (χ1v) is 9.77. The van der Waals surface area contributed by atoms with E-state index in [-0.39, 0.29) is 10.5 Å². The summed E-state index contributed by atoms with van der Waals surface area (Å²) in [4.78, 5) is 12.4. The zero-order valence-corrected chi connectivity index (χ0v) is 15.8. The van der Waals surface area contributed by atoms with E-state index in [0.717, 1.165) is 5.56 Å². The Labute approximate surface area is 158 Å². The van der Waals surface area contributed by atoms with Crippen LogP contribution >= 0.6 is 0 Å². The monoisotopic (exact) mass is 381 g/mol. The minimum absolute atomic E-state index is 0.149. The average Bonchev–Trinajstić information content (AvgIpc) is 2.68. The van der Waals surface area contributed by atoms with Crippen molar-refractivity contribution < 1.29 is 17.9 Å². The van der Waals surface area contributed by atoms with Crippen molar-refractivity contribution in [3.8, 4) is 11.1 Å². The second-order valence-corrected chi connectivity index (χ2v) is 7.69. The third-order valence-electron chi connectivity index (χ3n) is 4.11. The topological polar surface area (TPSA) is 72.5 Å². The summed E-state index contributed by atoms with van der Waals surface area (Å²) < 4.78 is 33.1. The summed E-state index contributed by atoms with van der Waals surface area (Å²) in [5, 5.41) is 0. The summed E-state index contributed by atoms with van der Waals surface area (Å²) in [6.45, 7) is 1.89. The summed E-state index contributed by atoms with van der Waals surface area (Å²) in [5.41, 5.74) is 2.74. The number of carbonyl (C=O) groups is 1. The largest absolute Gasteiger partial charge is 0.465 e. The van der Waals surface area contributed by atoms with Crippen molar-refractivity contribution in [3.05, 3.63) is 83.9 Å². The molecule has 0 spiro atoms. The molecule has 0 saturated heterocycles. The van der Waals surface area contributed by atoms with Crippen LogP contribution in [-0.2, 0) is 14.8 Å². The van der Waals surface area contributed by atoms with Crippen LogP contribution in [0.3, 0.4) is 0 Å². The van der Waals surface area contributed by atoms with Crippen LogP contribution in [-0.4, -0.2) is 21.5 Å². The number of hydrogen-bond donors (Lipinski definition) is 1. The number of ether oxygens (including phenoxy) is 1. The van der Waals surface area contributed by atoms with Gasteiger partial charge in [-0.05, 0) is 36.8 Å². The lowest BCUT2D eigenvalue weighted by Gasteiger charge is -2.16. The fourth-order valence-electron chi connectivity index (χ4n) is 2.75. The molecule has 0 aromatic heterocycles. The van der Waals surface area contributed by atoms with Gasteiger partial charge in [0.25, 0.3) is 10.0 Å². The van der Waals surface area contributed by atoms with E-state index in [4.69, 9.17) is 4.74 Å². The van der Waals surface area contributed by atoms with Crippen molar-refractivity contribution in [3.63, 3.8) is 0 Å². The summed E-state index contributed by atoms with van der Waals surface area (Å²) in [5.74, 6) is -0.537. The SMILES string of the molecule is COC(=O)c1cccc(NS(=O)(=O)c2ccc(C)cc2)c1-c1ccccc1. The Morgan fingerprint density at radius 2 is 1.56 bits per heavy atom. The molecule has 27 heavy (non-hydrogen) atoms. The summed E-state index contributed by atoms with van der Waals surface area (Å²) >= 11 is 0. The number of esters is 1. The van der Waals surface area contributed by atoms with Crippen LogP contribution in [0.15, 0.2) is 77.7 Å². The fraction of sp³-hybridized carbons (Fsp3) is 0.0952. The zero-order valence-electron chi connectivity index (χ0n) is 15.0. The number of sulfonamides is 1. The molecule has 6 heteroatoms. The Kier molecular flexibility index (Phi) is 5.28. The number of methoxy groups -OCH3 is 1. The molecule has 3 aromatic rings. The maximum absolute atomic E-state index is 12.8. The van der Waals surface area contributed by atoms with Crippen LogP contribution in [0.4, 0.5) is 5.69 Å². The highest BCUT2D eigenvalue weighted by atomic mass is 32.2. The first-order valence-electron chi connectivity index (χ1n) is 8.28. The first kappa shape index (κ1) is 18.7. The van der Waals surface area contributed by atoms with Crippen molar-refractivity contribution in [2.75, 3.05) is 11.8 Å². The highest BCUT2D eigenvalue weighted by Gasteiger charge is 2.21. The molecule has 1 N–H and O–H groups in total. The molecule has 0 fully saturated rings. The Morgan fingerprint density at radius 3 is 2.19 bits per heavy atom. The molecule has 138 valence electrons. The predicted molar refractivity (Wildman–Crippen MR) is 105 cm³/mol. The van der Waals surface area contributed by atoms with Crippen LogP contribution in [0, 0.1) is 6.92 Å². The number of carbonyl (C=O) groups excluding carboxylic acids is 1. The van der Waals surface area contributed by atoms with E-state index >= 15 is 0 Å². The lowest BCUT2D eigenvalue weighted by atomic mass is 9.98. The van der Waals surface area contributed by atoms with Crippen LogP contribution in [0.1, 0.15) is 15.9 Å². The average molecular weight is 381 g/mol. The number of anilines is 1. The Hall–Kier alpha value is -3.12. The number of benzene rings is 3. The Morgan fingerprint density at radius 1 is 0.889 bits per heavy atom. The lowest BCUT2D eigenvalue weighted by molar-refractivity contribution is 0.0601. The predicted octanol–water partition coefficient (Wildman–Crippen LogP) is 4.25. The van der Waals surface area contributed by atoms with Gasteiger partial charge < -0.3 is 4.74 Å². The third kappa shape index (κ3) is 4.01. The molecular formula is C21H19NO4S. The van der Waals surface area contributed by atoms with E-state index in [2.05, 4.69) is 4.72 Å². The van der Waals surface area contributed by atoms with Crippen LogP contribution in [0.5, 0.6) is 0 Å². The molecule has 0 saturated carbocycles. The van der Waals surface area contributed by atoms with Crippen molar-refractivity contribution in [1.82, 2.24) is 0 Å². The van der Waals surface area contributed by atoms with Gasteiger partial charge in [-0.25, -0.2) is 13.2 Å². The van der Waals surface area contributed by atoms with Crippen molar-refractivity contribution in [1.29, 1.82) is 0 Å². The molecular weight excluding hydrogens is 362 g/mol. The molecule has 0 heterocycles. The third-order valence-corrected chi connectivity index (χ3v) is 5.49. The molecule has 0 radical (unpaired) electrons. The van der Waals surface area contributed by atoms with Gasteiger partial charge in [0.2, 0.25) is 0 Å². The quantitative estimate of drug-likeness (QED) is 0.671. The van der Waals surface area contributed by atoms with Crippen LogP contribution in [0.25, 0.3) is 11.1 Å². The van der Waals surface area contributed by atoms with Crippen LogP contribution < -0.4 is 4.72 Å². The summed E-state index contributed by atoms with van der Waals surface area (Å²) in [7, 11) is -2.52. The van der Waals surface area contributed by atoms with Crippen LogP contribution in [0.2, 0.25) is 0 Å². The maximum Gasteiger partial charge on any atom is 0.338 e. The standard InChI is InChI=1S/C21H19NO4S/c1-15-11-13-17(14-12-15)27(24,25)22-19-10-6-9-18(21(23)26-2)20(19)16-7-4-3-5-8-16/h3-14,22H,1-2H3. The molecule has 0 atom stereocenters. The van der Waals surface area contributed by atoms with Gasteiger partial charge in [0.05, 0.1) is 23.3 Å². The van der Waals surface area contributed by atoms with Gasteiger partial charge in [-0.2, -0.15) is 0 Å². The van der Waals surface area contributed by atoms with E-state index in [9.17, 15) is 13.2 Å². The number of aryl methyl sites for hydroxylation is 1. The number of nitrogens with one attached hydrogen (secondary N) is 1. The van der Waals surface area contributed by atoms with Crippen molar-refractivity contribution in [2.24, 2.45) is 0 Å². The summed E-state index contributed by atoms with van der Waals surface area (Å²) in [6.07, 6.45) is 0. The molecule has 0 bridgehead atoms. The van der Waals surface area contributed by atoms with Gasteiger partial charge in [-0.3, -0.25) is 4.72 Å². The van der Waals surface area contributed by atoms with Gasteiger partial charge in [-0.1, -0.05) is 54.1 Å². The van der Waals surface area contributed by atoms with E-state index in [1.807, 2.05) is 37.3 Å². The molecule has 0 aliphatic heterocycles. The minimum atomic E-state index is -3.81. The van der Waals surface area contributed by atoms with Crippen molar-refractivity contribution in [2.45, 2.75) is 11.8 Å². The van der Waals surface area contributed by atoms with E-state index in [1.165, 1.54) is 7.11 Å².